The fraction of sp³-hybridized carbons (Fsp3) is 0.286. The first-order valence-electron chi connectivity index (χ1n) is 6.30. The second-order valence-corrected chi connectivity index (χ2v) is 5.39. The van der Waals surface area contributed by atoms with E-state index < -0.39 is 0 Å². The number of pyridine rings is 1. The lowest BCUT2D eigenvalue weighted by Crippen LogP contribution is -2.36. The standard InChI is InChI=1S/C14H18N4OS/c1-18(2)13(11-5-7-20-10-11)9-16-14(19)17-12-4-3-6-15-8-12/h3-8,10,13H,9H2,1-2H3,(H2,16,17,19)/t13-/m0/s1. The Morgan fingerprint density at radius 3 is 2.90 bits per heavy atom. The van der Waals surface area contributed by atoms with Crippen molar-refractivity contribution in [3.63, 3.8) is 0 Å². The Hall–Kier alpha value is -1.92. The highest BCUT2D eigenvalue weighted by molar-refractivity contribution is 7.07. The minimum atomic E-state index is -0.222. The van der Waals surface area contributed by atoms with Crippen molar-refractivity contribution in [1.29, 1.82) is 0 Å². The SMILES string of the molecule is CN(C)[C@@H](CNC(=O)Nc1cccnc1)c1ccsc1. The lowest BCUT2D eigenvalue weighted by atomic mass is 10.1. The number of thiophene rings is 1. The number of likely N-dealkylation sites (N-methyl/N-ethyl adjacent to an activating group) is 1. The van der Waals surface area contributed by atoms with E-state index in [0.717, 1.165) is 0 Å². The highest BCUT2D eigenvalue weighted by Crippen LogP contribution is 2.19. The van der Waals surface area contributed by atoms with E-state index in [9.17, 15) is 4.79 Å². The Labute approximate surface area is 122 Å². The van der Waals surface area contributed by atoms with Gasteiger partial charge < -0.3 is 15.5 Å². The second kappa shape index (κ2) is 7.02. The topological polar surface area (TPSA) is 57.3 Å². The Morgan fingerprint density at radius 1 is 1.45 bits per heavy atom. The van der Waals surface area contributed by atoms with E-state index in [0.29, 0.717) is 12.2 Å². The van der Waals surface area contributed by atoms with E-state index in [1.165, 1.54) is 5.56 Å². The molecule has 20 heavy (non-hydrogen) atoms. The lowest BCUT2D eigenvalue weighted by Gasteiger charge is -2.24. The van der Waals surface area contributed by atoms with Gasteiger partial charge in [-0.25, -0.2) is 4.79 Å². The van der Waals surface area contributed by atoms with Gasteiger partial charge in [-0.3, -0.25) is 4.98 Å². The zero-order valence-electron chi connectivity index (χ0n) is 11.5. The molecule has 0 saturated carbocycles. The molecule has 0 aliphatic rings. The summed E-state index contributed by atoms with van der Waals surface area (Å²) in [5.74, 6) is 0. The third-order valence-electron chi connectivity index (χ3n) is 2.93. The summed E-state index contributed by atoms with van der Waals surface area (Å²) >= 11 is 1.66. The van der Waals surface area contributed by atoms with Crippen molar-refractivity contribution in [3.05, 3.63) is 46.9 Å². The van der Waals surface area contributed by atoms with Gasteiger partial charge in [0.25, 0.3) is 0 Å². The number of amides is 2. The number of hydrogen-bond donors (Lipinski definition) is 2. The molecular formula is C14H18N4OS. The number of nitrogens with zero attached hydrogens (tertiary/aromatic N) is 2. The molecule has 2 aromatic heterocycles. The molecule has 2 aromatic rings. The molecule has 2 amide bonds. The van der Waals surface area contributed by atoms with Crippen LogP contribution in [0.1, 0.15) is 11.6 Å². The molecule has 0 spiro atoms. The van der Waals surface area contributed by atoms with Crippen LogP contribution in [0.25, 0.3) is 0 Å². The van der Waals surface area contributed by atoms with Crippen LogP contribution in [0.5, 0.6) is 0 Å². The molecule has 0 radical (unpaired) electrons. The maximum atomic E-state index is 11.8. The summed E-state index contributed by atoms with van der Waals surface area (Å²) in [6, 6.07) is 5.61. The fourth-order valence-corrected chi connectivity index (χ4v) is 2.57. The van der Waals surface area contributed by atoms with Gasteiger partial charge in [0.2, 0.25) is 0 Å². The number of rotatable bonds is 5. The number of anilines is 1. The zero-order chi connectivity index (χ0) is 14.4. The van der Waals surface area contributed by atoms with Crippen LogP contribution in [-0.4, -0.2) is 36.6 Å². The molecule has 0 bridgehead atoms. The van der Waals surface area contributed by atoms with E-state index in [2.05, 4.69) is 32.0 Å². The summed E-state index contributed by atoms with van der Waals surface area (Å²) in [6.45, 7) is 0.551. The predicted octanol–water partition coefficient (Wildman–Crippen LogP) is 2.57. The smallest absolute Gasteiger partial charge is 0.319 e. The maximum Gasteiger partial charge on any atom is 0.319 e. The van der Waals surface area contributed by atoms with Crippen LogP contribution in [-0.2, 0) is 0 Å². The Morgan fingerprint density at radius 2 is 2.30 bits per heavy atom. The van der Waals surface area contributed by atoms with Crippen molar-refractivity contribution in [3.8, 4) is 0 Å². The van der Waals surface area contributed by atoms with Gasteiger partial charge in [0.1, 0.15) is 0 Å². The molecule has 6 heteroatoms. The van der Waals surface area contributed by atoms with Crippen LogP contribution in [0.4, 0.5) is 10.5 Å². The summed E-state index contributed by atoms with van der Waals surface area (Å²) < 4.78 is 0. The second-order valence-electron chi connectivity index (χ2n) is 4.61. The molecule has 0 saturated heterocycles. The molecule has 0 aliphatic carbocycles. The van der Waals surface area contributed by atoms with Gasteiger partial charge in [0.15, 0.2) is 0 Å². The zero-order valence-corrected chi connectivity index (χ0v) is 12.4. The molecule has 1 atom stereocenters. The summed E-state index contributed by atoms with van der Waals surface area (Å²) in [5.41, 5.74) is 1.89. The first-order valence-corrected chi connectivity index (χ1v) is 7.24. The minimum absolute atomic E-state index is 0.167. The quantitative estimate of drug-likeness (QED) is 0.890. The molecule has 0 aromatic carbocycles. The molecule has 0 fully saturated rings. The van der Waals surface area contributed by atoms with Gasteiger partial charge in [-0.1, -0.05) is 0 Å². The molecular weight excluding hydrogens is 272 g/mol. The molecule has 0 unspecified atom stereocenters. The summed E-state index contributed by atoms with van der Waals surface area (Å²) in [7, 11) is 4.01. The summed E-state index contributed by atoms with van der Waals surface area (Å²) in [5, 5.41) is 9.78. The first-order chi connectivity index (χ1) is 9.66. The fourth-order valence-electron chi connectivity index (χ4n) is 1.86. The van der Waals surface area contributed by atoms with E-state index in [1.807, 2.05) is 19.5 Å². The number of urea groups is 1. The van der Waals surface area contributed by atoms with Crippen LogP contribution >= 0.6 is 11.3 Å². The third kappa shape index (κ3) is 4.04. The van der Waals surface area contributed by atoms with Crippen LogP contribution in [0.2, 0.25) is 0 Å². The van der Waals surface area contributed by atoms with E-state index in [1.54, 1.807) is 35.9 Å². The Bertz CT molecular complexity index is 527. The lowest BCUT2D eigenvalue weighted by molar-refractivity contribution is 0.243. The molecule has 0 aliphatic heterocycles. The van der Waals surface area contributed by atoms with Crippen LogP contribution < -0.4 is 10.6 Å². The number of nitrogens with one attached hydrogen (secondary N) is 2. The number of hydrogen-bond acceptors (Lipinski definition) is 4. The normalized spacial score (nSPS) is 12.2. The Balaban J connectivity index is 1.88. The summed E-state index contributed by atoms with van der Waals surface area (Å²) in [4.78, 5) is 17.9. The highest BCUT2D eigenvalue weighted by Gasteiger charge is 2.15. The average molecular weight is 290 g/mol. The van der Waals surface area contributed by atoms with Gasteiger partial charge in [-0.2, -0.15) is 11.3 Å². The molecule has 2 N–H and O–H groups in total. The van der Waals surface area contributed by atoms with E-state index in [4.69, 9.17) is 0 Å². The monoisotopic (exact) mass is 290 g/mol. The maximum absolute atomic E-state index is 11.8. The van der Waals surface area contributed by atoms with Crippen molar-refractivity contribution in [2.24, 2.45) is 0 Å². The summed E-state index contributed by atoms with van der Waals surface area (Å²) in [6.07, 6.45) is 3.28. The van der Waals surface area contributed by atoms with Crippen LogP contribution in [0.15, 0.2) is 41.4 Å². The largest absolute Gasteiger partial charge is 0.336 e. The van der Waals surface area contributed by atoms with Gasteiger partial charge in [0.05, 0.1) is 17.9 Å². The molecule has 2 heterocycles. The van der Waals surface area contributed by atoms with Crippen molar-refractivity contribution < 1.29 is 4.79 Å². The van der Waals surface area contributed by atoms with Gasteiger partial charge >= 0.3 is 6.03 Å². The number of carbonyl (C=O) groups is 1. The van der Waals surface area contributed by atoms with Gasteiger partial charge in [0, 0.05) is 12.7 Å². The highest BCUT2D eigenvalue weighted by atomic mass is 32.1. The first kappa shape index (κ1) is 14.5. The van der Waals surface area contributed by atoms with E-state index in [-0.39, 0.29) is 12.1 Å². The molecule has 106 valence electrons. The van der Waals surface area contributed by atoms with E-state index >= 15 is 0 Å². The predicted molar refractivity (Wildman–Crippen MR) is 82.0 cm³/mol. The van der Waals surface area contributed by atoms with Crippen molar-refractivity contribution >= 4 is 23.1 Å². The van der Waals surface area contributed by atoms with Crippen molar-refractivity contribution in [2.75, 3.05) is 26.0 Å². The van der Waals surface area contributed by atoms with Crippen LogP contribution in [0.3, 0.4) is 0 Å². The Kier molecular flexibility index (Phi) is 5.09. The van der Waals surface area contributed by atoms with Crippen molar-refractivity contribution in [2.45, 2.75) is 6.04 Å². The molecule has 2 rings (SSSR count). The van der Waals surface area contributed by atoms with Gasteiger partial charge in [-0.05, 0) is 48.6 Å². The number of aromatic nitrogens is 1. The van der Waals surface area contributed by atoms with Gasteiger partial charge in [-0.15, -0.1) is 0 Å². The number of carbonyl (C=O) groups excluding carboxylic acids is 1. The minimum Gasteiger partial charge on any atom is -0.336 e. The van der Waals surface area contributed by atoms with Crippen molar-refractivity contribution in [1.82, 2.24) is 15.2 Å². The average Bonchev–Trinajstić information content (AvgIpc) is 2.93. The third-order valence-corrected chi connectivity index (χ3v) is 3.63. The van der Waals surface area contributed by atoms with Crippen LogP contribution in [0, 0.1) is 0 Å². The molecule has 5 nitrogen and oxygen atoms in total.